The van der Waals surface area contributed by atoms with Crippen molar-refractivity contribution in [3.63, 3.8) is 0 Å². The van der Waals surface area contributed by atoms with Crippen molar-refractivity contribution < 1.29 is 25.8 Å². The summed E-state index contributed by atoms with van der Waals surface area (Å²) in [6, 6.07) is 5.15. The van der Waals surface area contributed by atoms with E-state index in [4.69, 9.17) is 13.0 Å². The van der Waals surface area contributed by atoms with Crippen LogP contribution in [0.5, 0.6) is 0 Å². The molecule has 0 radical (unpaired) electrons. The lowest BCUT2D eigenvalue weighted by molar-refractivity contribution is 0.462. The number of piperidine rings is 1. The van der Waals surface area contributed by atoms with Gasteiger partial charge in [0, 0.05) is 19.7 Å². The van der Waals surface area contributed by atoms with Crippen molar-refractivity contribution in [3.8, 4) is 0 Å². The van der Waals surface area contributed by atoms with E-state index in [1.165, 1.54) is 16.1 Å². The molecule has 1 aliphatic rings. The molecule has 0 unspecified atom stereocenters. The molecule has 0 atom stereocenters. The summed E-state index contributed by atoms with van der Waals surface area (Å²) in [6.07, 6.45) is 3.65. The maximum atomic E-state index is 13.8. The summed E-state index contributed by atoms with van der Waals surface area (Å²) >= 11 is 0. The second-order valence-corrected chi connectivity index (χ2v) is 17.3. The smallest absolute Gasteiger partial charge is 0.317 e. The first kappa shape index (κ1) is 28.0. The SMILES string of the molecule is C[Si](C)(C)CCS(=O)(=O)n1cc(C2CCNCC2)c2cc(F)ccc21.Cl.NS(=O)(=O)O. The molecule has 1 aliphatic heterocycles. The van der Waals surface area contributed by atoms with Gasteiger partial charge < -0.3 is 5.32 Å². The maximum Gasteiger partial charge on any atom is 0.330 e. The van der Waals surface area contributed by atoms with E-state index < -0.39 is 28.4 Å². The van der Waals surface area contributed by atoms with Crippen molar-refractivity contribution in [1.82, 2.24) is 9.29 Å². The molecule has 2 heterocycles. The van der Waals surface area contributed by atoms with Gasteiger partial charge in [0.2, 0.25) is 10.0 Å². The first-order valence-electron chi connectivity index (χ1n) is 9.67. The number of rotatable bonds is 5. The number of aromatic nitrogens is 1. The van der Waals surface area contributed by atoms with Gasteiger partial charge >= 0.3 is 10.3 Å². The molecule has 0 spiro atoms. The van der Waals surface area contributed by atoms with Crippen molar-refractivity contribution in [3.05, 3.63) is 35.8 Å². The van der Waals surface area contributed by atoms with E-state index in [1.54, 1.807) is 12.3 Å². The second-order valence-electron chi connectivity index (χ2n) is 8.71. The van der Waals surface area contributed by atoms with Crippen LogP contribution in [-0.2, 0) is 20.3 Å². The summed E-state index contributed by atoms with van der Waals surface area (Å²) in [5.74, 6) is 0.106. The van der Waals surface area contributed by atoms with Crippen LogP contribution in [0.2, 0.25) is 25.7 Å². The molecule has 1 aromatic heterocycles. The number of nitrogens with two attached hydrogens (primary N) is 1. The number of hydrogen-bond acceptors (Lipinski definition) is 5. The van der Waals surface area contributed by atoms with Gasteiger partial charge in [-0.05, 0) is 61.7 Å². The first-order chi connectivity index (χ1) is 13.7. The molecule has 2 aromatic rings. The molecule has 31 heavy (non-hydrogen) atoms. The zero-order valence-corrected chi connectivity index (χ0v) is 21.3. The molecule has 8 nitrogen and oxygen atoms in total. The van der Waals surface area contributed by atoms with Gasteiger partial charge in [0.05, 0.1) is 11.3 Å². The highest BCUT2D eigenvalue weighted by Crippen LogP contribution is 2.34. The Bertz CT molecular complexity index is 1090. The Hall–Kier alpha value is -1.02. The lowest BCUT2D eigenvalue weighted by Gasteiger charge is -2.22. The van der Waals surface area contributed by atoms with Crippen molar-refractivity contribution in [2.75, 3.05) is 18.8 Å². The predicted octanol–water partition coefficient (Wildman–Crippen LogP) is 2.93. The Labute approximate surface area is 190 Å². The lowest BCUT2D eigenvalue weighted by Crippen LogP contribution is -2.27. The summed E-state index contributed by atoms with van der Waals surface area (Å²) in [7, 11) is -9.07. The average Bonchev–Trinajstić information content (AvgIpc) is 2.98. The molecule has 3 rings (SSSR count). The summed E-state index contributed by atoms with van der Waals surface area (Å²) in [5.41, 5.74) is 1.57. The highest BCUT2D eigenvalue weighted by Gasteiger charge is 2.26. The maximum absolute atomic E-state index is 13.8. The molecule has 1 fully saturated rings. The van der Waals surface area contributed by atoms with Crippen LogP contribution in [0.25, 0.3) is 10.9 Å². The fraction of sp³-hybridized carbons (Fsp3) is 0.556. The molecule has 1 saturated heterocycles. The van der Waals surface area contributed by atoms with E-state index in [1.807, 2.05) is 0 Å². The molecule has 0 aliphatic carbocycles. The van der Waals surface area contributed by atoms with Gasteiger partial charge in [-0.25, -0.2) is 21.9 Å². The third kappa shape index (κ3) is 8.79. The Morgan fingerprint density at radius 3 is 2.26 bits per heavy atom. The summed E-state index contributed by atoms with van der Waals surface area (Å²) in [5, 5.41) is 7.94. The van der Waals surface area contributed by atoms with Crippen LogP contribution in [0.15, 0.2) is 24.4 Å². The van der Waals surface area contributed by atoms with Gasteiger partial charge in [0.1, 0.15) is 5.82 Å². The Kier molecular flexibility index (Phi) is 9.69. The number of nitrogens with one attached hydrogen (secondary N) is 1. The van der Waals surface area contributed by atoms with Crippen molar-refractivity contribution >= 4 is 51.7 Å². The number of benzene rings is 1. The molecular formula is C18H31ClFN3O5S2Si. The van der Waals surface area contributed by atoms with Gasteiger partial charge in [0.25, 0.3) is 0 Å². The summed E-state index contributed by atoms with van der Waals surface area (Å²) < 4.78 is 66.3. The standard InChI is InChI=1S/C18H27FN2O2SSi.ClH.H3NO3S/c1-25(2,3)11-10-24(22,23)21-13-17(14-6-8-20-9-7-14)16-12-15(19)4-5-18(16)21;;1-5(2,3)4/h4-5,12-14,20H,6-11H2,1-3H3;1H;(H3,1,2,3,4). The quantitative estimate of drug-likeness (QED) is 0.414. The summed E-state index contributed by atoms with van der Waals surface area (Å²) in [4.78, 5) is 0. The van der Waals surface area contributed by atoms with E-state index >= 15 is 0 Å². The van der Waals surface area contributed by atoms with Crippen LogP contribution in [0.3, 0.4) is 0 Å². The molecule has 0 amide bonds. The molecule has 13 heteroatoms. The molecular weight excluding hydrogens is 485 g/mol. The lowest BCUT2D eigenvalue weighted by atomic mass is 9.90. The minimum absolute atomic E-state index is 0. The van der Waals surface area contributed by atoms with Crippen molar-refractivity contribution in [1.29, 1.82) is 0 Å². The van der Waals surface area contributed by atoms with Gasteiger partial charge in [-0.15, -0.1) is 12.4 Å². The van der Waals surface area contributed by atoms with E-state index in [9.17, 15) is 12.8 Å². The highest BCUT2D eigenvalue weighted by molar-refractivity contribution is 7.90. The second kappa shape index (κ2) is 10.7. The fourth-order valence-electron chi connectivity index (χ4n) is 3.42. The third-order valence-electron chi connectivity index (χ3n) is 4.95. The highest BCUT2D eigenvalue weighted by atomic mass is 35.5. The minimum Gasteiger partial charge on any atom is -0.317 e. The first-order valence-corrected chi connectivity index (χ1v) is 16.5. The van der Waals surface area contributed by atoms with Crippen molar-refractivity contribution in [2.45, 2.75) is 44.4 Å². The number of fused-ring (bicyclic) bond motifs is 1. The van der Waals surface area contributed by atoms with Gasteiger partial charge in [-0.3, -0.25) is 4.55 Å². The van der Waals surface area contributed by atoms with Gasteiger partial charge in [-0.1, -0.05) is 19.6 Å². The monoisotopic (exact) mass is 515 g/mol. The van der Waals surface area contributed by atoms with E-state index in [0.717, 1.165) is 42.9 Å². The number of nitrogens with zero attached hydrogens (tertiary/aromatic N) is 1. The van der Waals surface area contributed by atoms with Crippen LogP contribution in [0.4, 0.5) is 4.39 Å². The van der Waals surface area contributed by atoms with Crippen LogP contribution in [0, 0.1) is 5.82 Å². The molecule has 4 N–H and O–H groups in total. The van der Waals surface area contributed by atoms with Crippen LogP contribution >= 0.6 is 12.4 Å². The molecule has 0 bridgehead atoms. The number of hydrogen-bond donors (Lipinski definition) is 3. The Morgan fingerprint density at radius 2 is 1.74 bits per heavy atom. The van der Waals surface area contributed by atoms with Crippen LogP contribution in [0.1, 0.15) is 24.3 Å². The molecule has 1 aromatic carbocycles. The zero-order chi connectivity index (χ0) is 22.7. The summed E-state index contributed by atoms with van der Waals surface area (Å²) in [6.45, 7) is 8.34. The van der Waals surface area contributed by atoms with E-state index in [2.05, 4.69) is 30.1 Å². The van der Waals surface area contributed by atoms with Gasteiger partial charge in [-0.2, -0.15) is 8.42 Å². The van der Waals surface area contributed by atoms with Crippen LogP contribution in [-0.4, -0.2) is 52.3 Å². The Balaban J connectivity index is 0.000000721. The fourth-order valence-corrected chi connectivity index (χ4v) is 7.83. The predicted molar refractivity (Wildman–Crippen MR) is 127 cm³/mol. The van der Waals surface area contributed by atoms with Gasteiger partial charge in [0.15, 0.2) is 0 Å². The topological polar surface area (TPSA) is 131 Å². The van der Waals surface area contributed by atoms with E-state index in [0.29, 0.717) is 5.52 Å². The minimum atomic E-state index is -4.17. The normalized spacial score (nSPS) is 15.8. The van der Waals surface area contributed by atoms with E-state index in [-0.39, 0.29) is 29.9 Å². The molecule has 0 saturated carbocycles. The Morgan fingerprint density at radius 1 is 1.19 bits per heavy atom. The molecule has 178 valence electrons. The largest absolute Gasteiger partial charge is 0.330 e. The number of halogens is 2. The third-order valence-corrected chi connectivity index (χ3v) is 8.69. The zero-order valence-electron chi connectivity index (χ0n) is 17.8. The average molecular weight is 516 g/mol. The van der Waals surface area contributed by atoms with Crippen LogP contribution < -0.4 is 10.5 Å². The van der Waals surface area contributed by atoms with Crippen molar-refractivity contribution in [2.24, 2.45) is 5.14 Å².